The Balaban J connectivity index is 1.16. The zero-order valence-electron chi connectivity index (χ0n) is 40.6. The summed E-state index contributed by atoms with van der Waals surface area (Å²) in [6.07, 6.45) is 3.36. The van der Waals surface area contributed by atoms with Crippen molar-refractivity contribution in [3.05, 3.63) is 228 Å². The molecule has 3 heterocycles. The van der Waals surface area contributed by atoms with E-state index in [0.717, 1.165) is 36.3 Å². The standard InChI is InChI=1S/C66H54BN3/c1-6-7-22-42-35-36-58(51(37-42)43-23-11-8-12-24-43)69-59-41-56-52(47-29-17-19-33-54(47)65(56,2)3)40-57(59)67-62-53(38-46(39-60(62)69)68(44-25-13-9-14-26-44)45-27-15-10-16-28-45)48-31-21-32-50-61-64(70(67)63(48)50)49-30-18-20-34-55(49)66(61,4)5/h8-21,23-41H,6-7,22H2,1-5H3. The fourth-order valence-corrected chi connectivity index (χ4v) is 13.3. The topological polar surface area (TPSA) is 11.4 Å². The molecule has 10 aromatic rings. The fourth-order valence-electron chi connectivity index (χ4n) is 13.3. The Morgan fingerprint density at radius 2 is 1.11 bits per heavy atom. The summed E-state index contributed by atoms with van der Waals surface area (Å²) in [7, 11) is 0. The highest BCUT2D eigenvalue weighted by Crippen LogP contribution is 2.58. The lowest BCUT2D eigenvalue weighted by molar-refractivity contribution is 0.660. The molecule has 14 rings (SSSR count). The molecule has 0 fully saturated rings. The van der Waals surface area contributed by atoms with Gasteiger partial charge in [-0.2, -0.15) is 0 Å². The molecule has 9 aromatic carbocycles. The molecule has 2 aliphatic heterocycles. The van der Waals surface area contributed by atoms with Crippen LogP contribution in [0.5, 0.6) is 0 Å². The third-order valence-electron chi connectivity index (χ3n) is 16.5. The van der Waals surface area contributed by atoms with E-state index in [1.165, 1.54) is 111 Å². The number of hydrogen-bond acceptors (Lipinski definition) is 2. The van der Waals surface area contributed by atoms with Crippen molar-refractivity contribution < 1.29 is 0 Å². The van der Waals surface area contributed by atoms with Gasteiger partial charge in [0.2, 0.25) is 0 Å². The summed E-state index contributed by atoms with van der Waals surface area (Å²) < 4.78 is 2.80. The van der Waals surface area contributed by atoms with E-state index in [4.69, 9.17) is 0 Å². The average molecular weight is 900 g/mol. The van der Waals surface area contributed by atoms with E-state index in [1.807, 2.05) is 0 Å². The molecule has 4 aliphatic rings. The van der Waals surface area contributed by atoms with Crippen molar-refractivity contribution in [3.63, 3.8) is 0 Å². The maximum absolute atomic E-state index is 2.80. The number of fused-ring (bicyclic) bond motifs is 12. The molecular weight excluding hydrogens is 846 g/mol. The van der Waals surface area contributed by atoms with Gasteiger partial charge in [-0.3, -0.25) is 0 Å². The van der Waals surface area contributed by atoms with Crippen molar-refractivity contribution in [1.29, 1.82) is 0 Å². The Morgan fingerprint density at radius 1 is 0.471 bits per heavy atom. The summed E-state index contributed by atoms with van der Waals surface area (Å²) >= 11 is 0. The van der Waals surface area contributed by atoms with Crippen LogP contribution in [0.4, 0.5) is 34.1 Å². The minimum atomic E-state index is -0.201. The van der Waals surface area contributed by atoms with Crippen LogP contribution >= 0.6 is 0 Å². The second-order valence-electron chi connectivity index (χ2n) is 21.1. The second kappa shape index (κ2) is 15.1. The Morgan fingerprint density at radius 3 is 1.83 bits per heavy atom. The number of nitrogens with zero attached hydrogens (tertiary/aromatic N) is 3. The smallest absolute Gasteiger partial charge is 0.333 e. The van der Waals surface area contributed by atoms with Gasteiger partial charge in [-0.1, -0.05) is 187 Å². The quantitative estimate of drug-likeness (QED) is 0.141. The van der Waals surface area contributed by atoms with E-state index >= 15 is 0 Å². The van der Waals surface area contributed by atoms with Crippen LogP contribution in [0.3, 0.4) is 0 Å². The van der Waals surface area contributed by atoms with Crippen molar-refractivity contribution in [2.45, 2.75) is 64.7 Å². The minimum absolute atomic E-state index is 0.111. The molecule has 336 valence electrons. The largest absolute Gasteiger partial charge is 0.375 e. The van der Waals surface area contributed by atoms with Gasteiger partial charge < -0.3 is 14.3 Å². The summed E-state index contributed by atoms with van der Waals surface area (Å²) in [5.74, 6) is 0. The monoisotopic (exact) mass is 899 g/mol. The van der Waals surface area contributed by atoms with Crippen molar-refractivity contribution in [2.75, 3.05) is 9.80 Å². The molecule has 3 nitrogen and oxygen atoms in total. The molecule has 4 heteroatoms. The van der Waals surface area contributed by atoms with Crippen LogP contribution < -0.4 is 20.7 Å². The molecule has 0 saturated carbocycles. The normalized spacial score (nSPS) is 14.7. The molecule has 0 spiro atoms. The molecule has 0 N–H and O–H groups in total. The SMILES string of the molecule is CCCCc1ccc(N2c3cc4c(cc3B3c5c(cc(N(c6ccccc6)c6ccccc6)cc52)-c2cccc5c6c(n3c25)-c2ccccc2C6(C)C)-c2ccccc2C4(C)C)c(-c2ccccc2)c1. The van der Waals surface area contributed by atoms with Gasteiger partial charge in [0.15, 0.2) is 0 Å². The lowest BCUT2D eigenvalue weighted by Gasteiger charge is -2.43. The van der Waals surface area contributed by atoms with E-state index < -0.39 is 0 Å². The molecule has 2 aliphatic carbocycles. The first-order valence-electron chi connectivity index (χ1n) is 25.4. The van der Waals surface area contributed by atoms with Crippen molar-refractivity contribution >= 4 is 62.8 Å². The first-order valence-corrected chi connectivity index (χ1v) is 25.4. The van der Waals surface area contributed by atoms with Crippen molar-refractivity contribution in [3.8, 4) is 44.6 Å². The Bertz CT molecular complexity index is 3730. The number of para-hydroxylation sites is 3. The van der Waals surface area contributed by atoms with Crippen molar-refractivity contribution in [1.82, 2.24) is 4.48 Å². The van der Waals surface area contributed by atoms with Crippen LogP contribution in [0, 0.1) is 0 Å². The van der Waals surface area contributed by atoms with E-state index in [1.54, 1.807) is 0 Å². The number of aromatic nitrogens is 1. The molecule has 0 atom stereocenters. The lowest BCUT2D eigenvalue weighted by atomic mass is 9.44. The predicted octanol–water partition coefficient (Wildman–Crippen LogP) is 16.2. The van der Waals surface area contributed by atoms with Gasteiger partial charge >= 0.3 is 6.85 Å². The van der Waals surface area contributed by atoms with Crippen LogP contribution in [0.15, 0.2) is 200 Å². The Kier molecular flexibility index (Phi) is 8.88. The zero-order chi connectivity index (χ0) is 47.0. The summed E-state index contributed by atoms with van der Waals surface area (Å²) in [4.78, 5) is 5.14. The number of aryl methyl sites for hydroxylation is 1. The number of benzene rings is 9. The van der Waals surface area contributed by atoms with Crippen LogP contribution in [0.1, 0.15) is 75.3 Å². The minimum Gasteiger partial charge on any atom is -0.375 e. The van der Waals surface area contributed by atoms with Crippen LogP contribution in [-0.4, -0.2) is 11.3 Å². The van der Waals surface area contributed by atoms with Crippen LogP contribution in [0.25, 0.3) is 55.5 Å². The summed E-state index contributed by atoms with van der Waals surface area (Å²) in [5.41, 5.74) is 28.0. The van der Waals surface area contributed by atoms with Gasteiger partial charge in [-0.25, -0.2) is 0 Å². The molecule has 0 bridgehead atoms. The summed E-state index contributed by atoms with van der Waals surface area (Å²) in [6.45, 7) is 11.9. The van der Waals surface area contributed by atoms with Gasteiger partial charge in [-0.05, 0) is 128 Å². The van der Waals surface area contributed by atoms with Crippen molar-refractivity contribution in [2.24, 2.45) is 0 Å². The first-order chi connectivity index (χ1) is 34.2. The Labute approximate surface area is 412 Å². The van der Waals surface area contributed by atoms with Gasteiger partial charge in [0.25, 0.3) is 0 Å². The van der Waals surface area contributed by atoms with Gasteiger partial charge in [0, 0.05) is 72.6 Å². The molecule has 1 aromatic heterocycles. The number of rotatable bonds is 8. The maximum Gasteiger partial charge on any atom is 0.333 e. The third kappa shape index (κ3) is 5.65. The summed E-state index contributed by atoms with van der Waals surface area (Å²) in [5, 5.41) is 1.35. The number of hydrogen-bond donors (Lipinski definition) is 0. The highest BCUT2D eigenvalue weighted by Gasteiger charge is 2.50. The molecule has 0 radical (unpaired) electrons. The molecule has 0 unspecified atom stereocenters. The highest BCUT2D eigenvalue weighted by atomic mass is 15.2. The first kappa shape index (κ1) is 41.2. The fraction of sp³-hybridized carbons (Fsp3) is 0.152. The summed E-state index contributed by atoms with van der Waals surface area (Å²) in [6, 6.07) is 76.1. The predicted molar refractivity (Wildman–Crippen MR) is 296 cm³/mol. The van der Waals surface area contributed by atoms with Crippen LogP contribution in [-0.2, 0) is 17.3 Å². The number of anilines is 6. The molecule has 0 amide bonds. The average Bonchev–Trinajstić information content (AvgIpc) is 3.96. The van der Waals surface area contributed by atoms with E-state index in [9.17, 15) is 0 Å². The molecule has 70 heavy (non-hydrogen) atoms. The second-order valence-corrected chi connectivity index (χ2v) is 21.1. The highest BCUT2D eigenvalue weighted by molar-refractivity contribution is 6.90. The maximum atomic E-state index is 2.80. The zero-order valence-corrected chi connectivity index (χ0v) is 40.6. The Hall–Kier alpha value is -7.82. The molecule has 0 saturated heterocycles. The van der Waals surface area contributed by atoms with Gasteiger partial charge in [0.05, 0.1) is 5.69 Å². The van der Waals surface area contributed by atoms with E-state index in [-0.39, 0.29) is 17.7 Å². The van der Waals surface area contributed by atoms with Gasteiger partial charge in [0.1, 0.15) is 0 Å². The van der Waals surface area contributed by atoms with E-state index in [2.05, 4.69) is 249 Å². The number of unbranched alkanes of at least 4 members (excludes halogenated alkanes) is 1. The lowest BCUT2D eigenvalue weighted by Crippen LogP contribution is -2.57. The van der Waals surface area contributed by atoms with Gasteiger partial charge in [-0.15, -0.1) is 0 Å². The van der Waals surface area contributed by atoms with Crippen LogP contribution in [0.2, 0.25) is 0 Å². The third-order valence-corrected chi connectivity index (χ3v) is 16.5. The van der Waals surface area contributed by atoms with E-state index in [0.29, 0.717) is 0 Å². The molecular formula is C66H54BN3.